The maximum Gasteiger partial charge on any atom is 0.310 e. The summed E-state index contributed by atoms with van der Waals surface area (Å²) < 4.78 is 5.37. The minimum Gasteiger partial charge on any atom is -0.468 e. The smallest absolute Gasteiger partial charge is 0.310 e. The van der Waals surface area contributed by atoms with Gasteiger partial charge in [0.05, 0.1) is 4.92 Å². The first-order valence-electron chi connectivity index (χ1n) is 4.36. The lowest BCUT2D eigenvalue weighted by molar-refractivity contribution is -0.386. The van der Waals surface area contributed by atoms with Gasteiger partial charge in [-0.2, -0.15) is 0 Å². The minimum absolute atomic E-state index is 0.0826. The highest BCUT2D eigenvalue weighted by molar-refractivity contribution is 5.46. The van der Waals surface area contributed by atoms with E-state index in [2.05, 4.69) is 5.92 Å². The highest BCUT2D eigenvalue weighted by Gasteiger charge is 2.21. The highest BCUT2D eigenvalue weighted by Crippen LogP contribution is 2.28. The van der Waals surface area contributed by atoms with E-state index in [1.54, 1.807) is 26.0 Å². The molecule has 1 rings (SSSR count). The number of nitro benzene ring substituents is 1. The number of para-hydroxylation sites is 2. The molecule has 1 aromatic rings. The zero-order chi connectivity index (χ0) is 11.5. The molecule has 0 aliphatic heterocycles. The summed E-state index contributed by atoms with van der Waals surface area (Å²) in [4.78, 5) is 10.2. The van der Waals surface area contributed by atoms with Crippen molar-refractivity contribution >= 4 is 5.69 Å². The van der Waals surface area contributed by atoms with Crippen molar-refractivity contribution < 1.29 is 9.66 Å². The molecule has 0 saturated carbocycles. The molecule has 0 radical (unpaired) electrons. The summed E-state index contributed by atoms with van der Waals surface area (Å²) >= 11 is 0. The van der Waals surface area contributed by atoms with E-state index in [1.165, 1.54) is 12.1 Å². The summed E-state index contributed by atoms with van der Waals surface area (Å²) in [5.41, 5.74) is -0.938. The number of hydrogen-bond acceptors (Lipinski definition) is 3. The van der Waals surface area contributed by atoms with Crippen LogP contribution in [0.1, 0.15) is 13.8 Å². The molecule has 0 aliphatic carbocycles. The van der Waals surface area contributed by atoms with Gasteiger partial charge in [-0.05, 0) is 19.9 Å². The lowest BCUT2D eigenvalue weighted by Gasteiger charge is -2.19. The summed E-state index contributed by atoms with van der Waals surface area (Å²) in [5.74, 6) is 2.60. The van der Waals surface area contributed by atoms with E-state index in [-0.39, 0.29) is 11.4 Å². The molecule has 0 atom stereocenters. The van der Waals surface area contributed by atoms with Gasteiger partial charge in [0.1, 0.15) is 0 Å². The molecule has 0 N–H and O–H groups in total. The van der Waals surface area contributed by atoms with Gasteiger partial charge in [-0.1, -0.05) is 18.1 Å². The molecule has 4 nitrogen and oxygen atoms in total. The van der Waals surface area contributed by atoms with Crippen molar-refractivity contribution in [1.29, 1.82) is 0 Å². The molecule has 78 valence electrons. The van der Waals surface area contributed by atoms with Crippen LogP contribution in [0.25, 0.3) is 0 Å². The first-order chi connectivity index (χ1) is 6.96. The van der Waals surface area contributed by atoms with Crippen LogP contribution in [0.5, 0.6) is 5.75 Å². The average Bonchev–Trinajstić information content (AvgIpc) is 2.18. The van der Waals surface area contributed by atoms with Crippen LogP contribution >= 0.6 is 0 Å². The van der Waals surface area contributed by atoms with Gasteiger partial charge >= 0.3 is 5.69 Å². The van der Waals surface area contributed by atoms with Crippen LogP contribution in [0.4, 0.5) is 5.69 Å². The van der Waals surface area contributed by atoms with Crippen LogP contribution in [-0.2, 0) is 0 Å². The molecule has 0 amide bonds. The summed E-state index contributed by atoms with van der Waals surface area (Å²) in [7, 11) is 0. The third-order valence-corrected chi connectivity index (χ3v) is 1.77. The molecule has 15 heavy (non-hydrogen) atoms. The number of benzene rings is 1. The third kappa shape index (κ3) is 2.71. The molecular formula is C11H11NO3. The molecule has 1 aromatic carbocycles. The topological polar surface area (TPSA) is 52.4 Å². The largest absolute Gasteiger partial charge is 0.468 e. The van der Waals surface area contributed by atoms with Crippen LogP contribution < -0.4 is 4.74 Å². The van der Waals surface area contributed by atoms with Crippen LogP contribution in [0.2, 0.25) is 0 Å². The number of nitro groups is 1. The fourth-order valence-corrected chi connectivity index (χ4v) is 0.999. The Labute approximate surface area is 88.0 Å². The van der Waals surface area contributed by atoms with Crippen molar-refractivity contribution in [3.63, 3.8) is 0 Å². The van der Waals surface area contributed by atoms with Crippen molar-refractivity contribution in [2.24, 2.45) is 0 Å². The van der Waals surface area contributed by atoms with E-state index in [9.17, 15) is 10.1 Å². The second kappa shape index (κ2) is 4.01. The summed E-state index contributed by atoms with van der Waals surface area (Å²) in [6.07, 6.45) is 5.24. The minimum atomic E-state index is -0.855. The van der Waals surface area contributed by atoms with Crippen LogP contribution in [0.3, 0.4) is 0 Å². The normalized spacial score (nSPS) is 10.5. The Morgan fingerprint density at radius 2 is 2.07 bits per heavy atom. The van der Waals surface area contributed by atoms with Gasteiger partial charge in [0.25, 0.3) is 0 Å². The molecule has 4 heteroatoms. The lowest BCUT2D eigenvalue weighted by Crippen LogP contribution is -2.25. The van der Waals surface area contributed by atoms with Gasteiger partial charge in [-0.3, -0.25) is 10.1 Å². The standard InChI is InChI=1S/C11H11NO3/c1-4-11(2,3)15-10-8-6-5-7-9(10)12(13)14/h1,5-8H,2-3H3. The molecule has 0 unspecified atom stereocenters. The monoisotopic (exact) mass is 205 g/mol. The van der Waals surface area contributed by atoms with E-state index in [0.717, 1.165) is 0 Å². The molecular weight excluding hydrogens is 194 g/mol. The Bertz CT molecular complexity index is 418. The van der Waals surface area contributed by atoms with Gasteiger partial charge in [-0.25, -0.2) is 0 Å². The number of rotatable bonds is 3. The van der Waals surface area contributed by atoms with Gasteiger partial charge in [0.2, 0.25) is 0 Å². The first kappa shape index (κ1) is 11.1. The maximum absolute atomic E-state index is 10.7. The van der Waals surface area contributed by atoms with Gasteiger partial charge in [0, 0.05) is 6.07 Å². The zero-order valence-corrected chi connectivity index (χ0v) is 8.56. The van der Waals surface area contributed by atoms with E-state index >= 15 is 0 Å². The average molecular weight is 205 g/mol. The molecule has 0 aliphatic rings. The van der Waals surface area contributed by atoms with E-state index < -0.39 is 10.5 Å². The van der Waals surface area contributed by atoms with Crippen molar-refractivity contribution in [2.45, 2.75) is 19.4 Å². The summed E-state index contributed by atoms with van der Waals surface area (Å²) in [6.45, 7) is 3.34. The zero-order valence-electron chi connectivity index (χ0n) is 8.56. The maximum atomic E-state index is 10.7. The quantitative estimate of drug-likeness (QED) is 0.432. The van der Waals surface area contributed by atoms with Crippen molar-refractivity contribution in [3.05, 3.63) is 34.4 Å². The summed E-state index contributed by atoms with van der Waals surface area (Å²) in [6, 6.07) is 6.14. The first-order valence-corrected chi connectivity index (χ1v) is 4.36. The Morgan fingerprint density at radius 1 is 1.47 bits per heavy atom. The van der Waals surface area contributed by atoms with Gasteiger partial charge < -0.3 is 4.74 Å². The Kier molecular flexibility index (Phi) is 2.96. The Morgan fingerprint density at radius 3 is 2.60 bits per heavy atom. The van der Waals surface area contributed by atoms with E-state index in [4.69, 9.17) is 11.2 Å². The highest BCUT2D eigenvalue weighted by atomic mass is 16.6. The number of ether oxygens (including phenoxy) is 1. The Hall–Kier alpha value is -2.02. The van der Waals surface area contributed by atoms with Crippen LogP contribution in [0.15, 0.2) is 24.3 Å². The molecule has 0 aromatic heterocycles. The second-order valence-corrected chi connectivity index (χ2v) is 3.48. The number of hydrogen-bond donors (Lipinski definition) is 0. The molecule has 0 bridgehead atoms. The van der Waals surface area contributed by atoms with Crippen LogP contribution in [-0.4, -0.2) is 10.5 Å². The van der Waals surface area contributed by atoms with Crippen molar-refractivity contribution in [3.8, 4) is 18.1 Å². The van der Waals surface area contributed by atoms with E-state index in [1.807, 2.05) is 0 Å². The fraction of sp³-hybridized carbons (Fsp3) is 0.273. The van der Waals surface area contributed by atoms with Crippen LogP contribution in [0, 0.1) is 22.5 Å². The van der Waals surface area contributed by atoms with Gasteiger partial charge in [0.15, 0.2) is 11.4 Å². The molecule has 0 spiro atoms. The third-order valence-electron chi connectivity index (χ3n) is 1.77. The predicted octanol–water partition coefficient (Wildman–Crippen LogP) is 2.39. The lowest BCUT2D eigenvalue weighted by atomic mass is 10.1. The molecule has 0 fully saturated rings. The molecule has 0 heterocycles. The SMILES string of the molecule is C#CC(C)(C)Oc1ccccc1[N+](=O)[O-]. The number of nitrogens with zero attached hydrogens (tertiary/aromatic N) is 1. The summed E-state index contributed by atoms with van der Waals surface area (Å²) in [5, 5.41) is 10.7. The second-order valence-electron chi connectivity index (χ2n) is 3.48. The van der Waals surface area contributed by atoms with E-state index in [0.29, 0.717) is 0 Å². The predicted molar refractivity (Wildman–Crippen MR) is 56.6 cm³/mol. The van der Waals surface area contributed by atoms with Crippen molar-refractivity contribution in [1.82, 2.24) is 0 Å². The molecule has 0 saturated heterocycles. The van der Waals surface area contributed by atoms with Gasteiger partial charge in [-0.15, -0.1) is 6.42 Å². The fourth-order valence-electron chi connectivity index (χ4n) is 0.999. The Balaban J connectivity index is 3.06. The van der Waals surface area contributed by atoms with Crippen molar-refractivity contribution in [2.75, 3.05) is 0 Å². The number of terminal acetylenes is 1.